The molecule has 0 aliphatic heterocycles. The maximum Gasteiger partial charge on any atom is 0.288 e. The van der Waals surface area contributed by atoms with E-state index in [2.05, 4.69) is 11.9 Å². The standard InChI is InChI=1S/C14H18F2N2O2S/c1-2-7-18(8-9-19)10-13(20)17-11-3-5-12(6-4-11)21-14(15)16/h2-6,14,19H,1,7-10H2,(H,17,20). The number of aliphatic hydroxyl groups excluding tert-OH is 1. The van der Waals surface area contributed by atoms with Gasteiger partial charge in [-0.15, -0.1) is 6.58 Å². The normalized spacial score (nSPS) is 10.9. The fraction of sp³-hybridized carbons (Fsp3) is 0.357. The molecule has 0 radical (unpaired) electrons. The molecule has 4 nitrogen and oxygen atoms in total. The number of thioether (sulfide) groups is 1. The van der Waals surface area contributed by atoms with Crippen LogP contribution in [-0.4, -0.2) is 47.9 Å². The summed E-state index contributed by atoms with van der Waals surface area (Å²) in [5.74, 6) is -2.70. The summed E-state index contributed by atoms with van der Waals surface area (Å²) in [6.45, 7) is 4.55. The molecule has 0 heterocycles. The maximum atomic E-state index is 12.2. The molecular formula is C14H18F2N2O2S. The van der Waals surface area contributed by atoms with Crippen LogP contribution in [-0.2, 0) is 4.79 Å². The van der Waals surface area contributed by atoms with Gasteiger partial charge in [0.05, 0.1) is 13.2 Å². The Kier molecular flexibility index (Phi) is 7.96. The molecule has 0 fully saturated rings. The molecule has 21 heavy (non-hydrogen) atoms. The van der Waals surface area contributed by atoms with Crippen molar-refractivity contribution in [2.75, 3.05) is 31.6 Å². The Bertz CT molecular complexity index is 455. The van der Waals surface area contributed by atoms with E-state index < -0.39 is 5.76 Å². The van der Waals surface area contributed by atoms with Gasteiger partial charge in [0.1, 0.15) is 0 Å². The highest BCUT2D eigenvalue weighted by Crippen LogP contribution is 2.26. The Morgan fingerprint density at radius 3 is 2.62 bits per heavy atom. The number of benzene rings is 1. The van der Waals surface area contributed by atoms with Crippen LogP contribution in [0.2, 0.25) is 0 Å². The fourth-order valence-corrected chi connectivity index (χ4v) is 2.18. The molecule has 0 spiro atoms. The van der Waals surface area contributed by atoms with Crippen molar-refractivity contribution in [2.45, 2.75) is 10.7 Å². The first-order valence-electron chi connectivity index (χ1n) is 6.34. The number of nitrogens with one attached hydrogen (secondary N) is 1. The van der Waals surface area contributed by atoms with E-state index in [4.69, 9.17) is 5.11 Å². The van der Waals surface area contributed by atoms with Crippen molar-refractivity contribution in [2.24, 2.45) is 0 Å². The molecule has 2 N–H and O–H groups in total. The third-order valence-corrected chi connectivity index (χ3v) is 3.26. The Morgan fingerprint density at radius 1 is 1.43 bits per heavy atom. The summed E-state index contributed by atoms with van der Waals surface area (Å²) in [6, 6.07) is 6.21. The van der Waals surface area contributed by atoms with Gasteiger partial charge in [-0.25, -0.2) is 0 Å². The zero-order valence-corrected chi connectivity index (χ0v) is 12.3. The van der Waals surface area contributed by atoms with E-state index in [0.717, 1.165) is 0 Å². The van der Waals surface area contributed by atoms with E-state index in [1.165, 1.54) is 12.1 Å². The van der Waals surface area contributed by atoms with Gasteiger partial charge >= 0.3 is 0 Å². The molecule has 0 saturated heterocycles. The van der Waals surface area contributed by atoms with Crippen molar-refractivity contribution in [1.82, 2.24) is 4.90 Å². The lowest BCUT2D eigenvalue weighted by molar-refractivity contribution is -0.117. The average molecular weight is 316 g/mol. The van der Waals surface area contributed by atoms with E-state index in [0.29, 0.717) is 35.4 Å². The Balaban J connectivity index is 2.51. The van der Waals surface area contributed by atoms with Crippen LogP contribution in [0.15, 0.2) is 41.8 Å². The lowest BCUT2D eigenvalue weighted by Crippen LogP contribution is -2.35. The highest BCUT2D eigenvalue weighted by molar-refractivity contribution is 7.99. The van der Waals surface area contributed by atoms with Crippen molar-refractivity contribution < 1.29 is 18.7 Å². The summed E-state index contributed by atoms with van der Waals surface area (Å²) in [6.07, 6.45) is 1.65. The van der Waals surface area contributed by atoms with Crippen LogP contribution >= 0.6 is 11.8 Å². The van der Waals surface area contributed by atoms with Crippen molar-refractivity contribution in [3.8, 4) is 0 Å². The highest BCUT2D eigenvalue weighted by atomic mass is 32.2. The Labute approximate surface area is 126 Å². The van der Waals surface area contributed by atoms with Gasteiger partial charge in [0.25, 0.3) is 5.76 Å². The minimum absolute atomic E-state index is 0.0410. The SMILES string of the molecule is C=CCN(CCO)CC(=O)Nc1ccc(SC(F)F)cc1. The molecule has 0 aromatic heterocycles. The smallest absolute Gasteiger partial charge is 0.288 e. The van der Waals surface area contributed by atoms with Gasteiger partial charge < -0.3 is 10.4 Å². The highest BCUT2D eigenvalue weighted by Gasteiger charge is 2.10. The summed E-state index contributed by atoms with van der Waals surface area (Å²) in [5, 5.41) is 11.6. The maximum absolute atomic E-state index is 12.2. The van der Waals surface area contributed by atoms with Gasteiger partial charge in [0.2, 0.25) is 5.91 Å². The molecule has 0 atom stereocenters. The average Bonchev–Trinajstić information content (AvgIpc) is 2.41. The fourth-order valence-electron chi connectivity index (χ4n) is 1.68. The largest absolute Gasteiger partial charge is 0.395 e. The molecule has 1 aromatic carbocycles. The summed E-state index contributed by atoms with van der Waals surface area (Å²) >= 11 is 0.457. The van der Waals surface area contributed by atoms with Crippen molar-refractivity contribution in [3.63, 3.8) is 0 Å². The molecule has 0 saturated carbocycles. The number of anilines is 1. The number of hydrogen-bond donors (Lipinski definition) is 2. The van der Waals surface area contributed by atoms with Crippen LogP contribution in [0.3, 0.4) is 0 Å². The van der Waals surface area contributed by atoms with E-state index in [-0.39, 0.29) is 19.1 Å². The second kappa shape index (κ2) is 9.49. The molecule has 7 heteroatoms. The van der Waals surface area contributed by atoms with Gasteiger partial charge in [-0.2, -0.15) is 8.78 Å². The minimum Gasteiger partial charge on any atom is -0.395 e. The van der Waals surface area contributed by atoms with Crippen LogP contribution in [0.1, 0.15) is 0 Å². The van der Waals surface area contributed by atoms with Crippen molar-refractivity contribution >= 4 is 23.4 Å². The number of carbonyl (C=O) groups excluding carboxylic acids is 1. The van der Waals surface area contributed by atoms with E-state index in [1.807, 2.05) is 0 Å². The zero-order chi connectivity index (χ0) is 15.7. The zero-order valence-electron chi connectivity index (χ0n) is 11.5. The lowest BCUT2D eigenvalue weighted by Gasteiger charge is -2.18. The number of amides is 1. The van der Waals surface area contributed by atoms with Crippen LogP contribution in [0.5, 0.6) is 0 Å². The third-order valence-electron chi connectivity index (χ3n) is 2.53. The second-order valence-electron chi connectivity index (χ2n) is 4.20. The lowest BCUT2D eigenvalue weighted by atomic mass is 10.3. The third kappa shape index (κ3) is 7.22. The van der Waals surface area contributed by atoms with E-state index in [1.54, 1.807) is 23.1 Å². The van der Waals surface area contributed by atoms with Crippen LogP contribution in [0, 0.1) is 0 Å². The molecule has 0 unspecified atom stereocenters. The molecule has 0 aliphatic carbocycles. The van der Waals surface area contributed by atoms with Gasteiger partial charge in [0.15, 0.2) is 0 Å². The number of carbonyl (C=O) groups is 1. The summed E-state index contributed by atoms with van der Waals surface area (Å²) < 4.78 is 24.4. The summed E-state index contributed by atoms with van der Waals surface area (Å²) in [4.78, 5) is 14.0. The number of nitrogens with zero attached hydrogens (tertiary/aromatic N) is 1. The second-order valence-corrected chi connectivity index (χ2v) is 5.26. The van der Waals surface area contributed by atoms with Gasteiger partial charge in [0, 0.05) is 23.7 Å². The molecule has 1 amide bonds. The van der Waals surface area contributed by atoms with E-state index in [9.17, 15) is 13.6 Å². The molecular weight excluding hydrogens is 298 g/mol. The van der Waals surface area contributed by atoms with Crippen molar-refractivity contribution in [1.29, 1.82) is 0 Å². The van der Waals surface area contributed by atoms with Gasteiger partial charge in [-0.3, -0.25) is 9.69 Å². The van der Waals surface area contributed by atoms with Crippen LogP contribution in [0.25, 0.3) is 0 Å². The molecule has 1 aromatic rings. The predicted octanol–water partition coefficient (Wildman–Crippen LogP) is 2.42. The summed E-state index contributed by atoms with van der Waals surface area (Å²) in [5.41, 5.74) is 0.543. The number of halogens is 2. The first kappa shape index (κ1) is 17.6. The minimum atomic E-state index is -2.46. The first-order valence-corrected chi connectivity index (χ1v) is 7.22. The molecule has 0 bridgehead atoms. The summed E-state index contributed by atoms with van der Waals surface area (Å²) in [7, 11) is 0. The molecule has 116 valence electrons. The number of rotatable bonds is 9. The number of alkyl halides is 2. The van der Waals surface area contributed by atoms with Crippen molar-refractivity contribution in [3.05, 3.63) is 36.9 Å². The topological polar surface area (TPSA) is 52.6 Å². The van der Waals surface area contributed by atoms with Crippen LogP contribution in [0.4, 0.5) is 14.5 Å². The predicted molar refractivity (Wildman–Crippen MR) is 80.7 cm³/mol. The number of aliphatic hydroxyl groups is 1. The van der Waals surface area contributed by atoms with Gasteiger partial charge in [-0.05, 0) is 24.3 Å². The van der Waals surface area contributed by atoms with E-state index >= 15 is 0 Å². The molecule has 1 rings (SSSR count). The molecule has 0 aliphatic rings. The first-order chi connectivity index (χ1) is 10.0. The quantitative estimate of drug-likeness (QED) is 0.543. The number of hydrogen-bond acceptors (Lipinski definition) is 4. The Hall–Kier alpha value is -1.44. The van der Waals surface area contributed by atoms with Gasteiger partial charge in [-0.1, -0.05) is 17.8 Å². The monoisotopic (exact) mass is 316 g/mol. The van der Waals surface area contributed by atoms with Crippen LogP contribution < -0.4 is 5.32 Å². The Morgan fingerprint density at radius 2 is 2.10 bits per heavy atom.